The Morgan fingerprint density at radius 1 is 0.810 bits per heavy atom. The van der Waals surface area contributed by atoms with Crippen molar-refractivity contribution in [1.82, 2.24) is 0 Å². The number of hydrogen-bond acceptors (Lipinski definition) is 1. The topological polar surface area (TPSA) is 17.1 Å². The maximum absolute atomic E-state index is 11.7. The summed E-state index contributed by atoms with van der Waals surface area (Å²) < 4.78 is 0. The van der Waals surface area contributed by atoms with E-state index in [-0.39, 0.29) is 0 Å². The normalized spacial score (nSPS) is 11.5. The van der Waals surface area contributed by atoms with Crippen molar-refractivity contribution in [3.63, 3.8) is 0 Å². The van der Waals surface area contributed by atoms with Crippen LogP contribution in [-0.4, -0.2) is 5.78 Å². The lowest BCUT2D eigenvalue weighted by Crippen LogP contribution is -1.97. The number of Topliss-reactive ketones (excluding diaryl/α,β-unsaturated/α-hetero) is 1. The number of carbonyl (C=O) groups is 1. The molecule has 0 radical (unpaired) electrons. The minimum absolute atomic E-state index is 0.468. The van der Waals surface area contributed by atoms with Crippen LogP contribution < -0.4 is 0 Å². The van der Waals surface area contributed by atoms with Crippen molar-refractivity contribution < 1.29 is 4.79 Å². The van der Waals surface area contributed by atoms with Gasteiger partial charge in [-0.3, -0.25) is 4.79 Å². The molecule has 21 heavy (non-hydrogen) atoms. The summed E-state index contributed by atoms with van der Waals surface area (Å²) in [7, 11) is 0. The highest BCUT2D eigenvalue weighted by atomic mass is 16.1. The van der Waals surface area contributed by atoms with Crippen molar-refractivity contribution in [3.05, 3.63) is 37.0 Å². The van der Waals surface area contributed by atoms with Crippen LogP contribution in [0, 0.1) is 0 Å². The van der Waals surface area contributed by atoms with Gasteiger partial charge in [-0.05, 0) is 25.7 Å². The number of hydrogen-bond donors (Lipinski definition) is 0. The molecule has 0 bridgehead atoms. The van der Waals surface area contributed by atoms with E-state index in [0.29, 0.717) is 5.78 Å². The summed E-state index contributed by atoms with van der Waals surface area (Å²) in [5, 5.41) is 0. The SMILES string of the molecule is C=CC=CC=CCCCCCC(=O)CCCCCCCC. The van der Waals surface area contributed by atoms with Crippen molar-refractivity contribution in [2.45, 2.75) is 84.0 Å². The first-order valence-corrected chi connectivity index (χ1v) is 8.77. The minimum atomic E-state index is 0.468. The van der Waals surface area contributed by atoms with Crippen molar-refractivity contribution in [2.75, 3.05) is 0 Å². The zero-order valence-corrected chi connectivity index (χ0v) is 14.0. The van der Waals surface area contributed by atoms with E-state index in [2.05, 4.69) is 25.7 Å². The molecule has 0 aromatic carbocycles. The Morgan fingerprint density at radius 2 is 1.43 bits per heavy atom. The van der Waals surface area contributed by atoms with Crippen LogP contribution in [-0.2, 0) is 4.79 Å². The largest absolute Gasteiger partial charge is 0.300 e. The van der Waals surface area contributed by atoms with Crippen LogP contribution in [0.2, 0.25) is 0 Å². The number of allylic oxidation sites excluding steroid dienone is 5. The maximum Gasteiger partial charge on any atom is 0.132 e. The smallest absolute Gasteiger partial charge is 0.132 e. The molecule has 0 aromatic rings. The first kappa shape index (κ1) is 19.9. The molecule has 0 atom stereocenters. The molecule has 0 rings (SSSR count). The Bertz CT molecular complexity index is 299. The van der Waals surface area contributed by atoms with Crippen LogP contribution >= 0.6 is 0 Å². The molecule has 1 nitrogen and oxygen atoms in total. The van der Waals surface area contributed by atoms with Gasteiger partial charge in [0.2, 0.25) is 0 Å². The number of carbonyl (C=O) groups excluding carboxylic acids is 1. The van der Waals surface area contributed by atoms with Crippen LogP contribution in [0.1, 0.15) is 84.0 Å². The average molecular weight is 290 g/mol. The molecule has 0 saturated carbocycles. The lowest BCUT2D eigenvalue weighted by atomic mass is 10.0. The van der Waals surface area contributed by atoms with Gasteiger partial charge in [-0.15, -0.1) is 0 Å². The van der Waals surface area contributed by atoms with Gasteiger partial charge in [-0.25, -0.2) is 0 Å². The lowest BCUT2D eigenvalue weighted by Gasteiger charge is -2.01. The van der Waals surface area contributed by atoms with E-state index < -0.39 is 0 Å². The van der Waals surface area contributed by atoms with E-state index in [0.717, 1.165) is 38.5 Å². The second kappa shape index (κ2) is 16.9. The first-order valence-electron chi connectivity index (χ1n) is 8.77. The molecule has 0 saturated heterocycles. The van der Waals surface area contributed by atoms with Gasteiger partial charge < -0.3 is 0 Å². The Kier molecular flexibility index (Phi) is 16.0. The van der Waals surface area contributed by atoms with Crippen molar-refractivity contribution in [1.29, 1.82) is 0 Å². The van der Waals surface area contributed by atoms with Crippen molar-refractivity contribution in [2.24, 2.45) is 0 Å². The fourth-order valence-electron chi connectivity index (χ4n) is 2.31. The Morgan fingerprint density at radius 3 is 2.10 bits per heavy atom. The average Bonchev–Trinajstić information content (AvgIpc) is 2.49. The molecule has 0 N–H and O–H groups in total. The zero-order chi connectivity index (χ0) is 15.6. The molecule has 0 aliphatic rings. The maximum atomic E-state index is 11.7. The molecular weight excluding hydrogens is 256 g/mol. The molecule has 0 spiro atoms. The summed E-state index contributed by atoms with van der Waals surface area (Å²) in [6.45, 7) is 5.86. The summed E-state index contributed by atoms with van der Waals surface area (Å²) >= 11 is 0. The number of ketones is 1. The van der Waals surface area contributed by atoms with E-state index >= 15 is 0 Å². The minimum Gasteiger partial charge on any atom is -0.300 e. The Balaban J connectivity index is 3.28. The van der Waals surface area contributed by atoms with E-state index in [4.69, 9.17) is 0 Å². The third kappa shape index (κ3) is 16.8. The summed E-state index contributed by atoms with van der Waals surface area (Å²) in [5.74, 6) is 0.468. The van der Waals surface area contributed by atoms with E-state index in [1.54, 1.807) is 6.08 Å². The number of rotatable bonds is 15. The molecule has 0 aliphatic heterocycles. The number of unbranched alkanes of at least 4 members (excludes halogenated alkanes) is 8. The fourth-order valence-corrected chi connectivity index (χ4v) is 2.31. The molecule has 0 fully saturated rings. The van der Waals surface area contributed by atoms with Crippen LogP contribution in [0.5, 0.6) is 0 Å². The molecule has 0 heterocycles. The Labute approximate surface area is 132 Å². The molecule has 1 heteroatoms. The molecule has 0 unspecified atom stereocenters. The molecular formula is C20H34O. The van der Waals surface area contributed by atoms with Crippen molar-refractivity contribution in [3.8, 4) is 0 Å². The highest BCUT2D eigenvalue weighted by Crippen LogP contribution is 2.10. The third-order valence-electron chi connectivity index (χ3n) is 3.63. The van der Waals surface area contributed by atoms with Crippen LogP contribution in [0.4, 0.5) is 0 Å². The third-order valence-corrected chi connectivity index (χ3v) is 3.63. The van der Waals surface area contributed by atoms with E-state index in [9.17, 15) is 4.79 Å². The summed E-state index contributed by atoms with van der Waals surface area (Å²) in [6, 6.07) is 0. The van der Waals surface area contributed by atoms with Gasteiger partial charge in [0.25, 0.3) is 0 Å². The highest BCUT2D eigenvalue weighted by Gasteiger charge is 2.01. The van der Waals surface area contributed by atoms with Crippen LogP contribution in [0.15, 0.2) is 37.0 Å². The zero-order valence-electron chi connectivity index (χ0n) is 14.0. The van der Waals surface area contributed by atoms with Crippen LogP contribution in [0.25, 0.3) is 0 Å². The Hall–Kier alpha value is -1.11. The lowest BCUT2D eigenvalue weighted by molar-refractivity contribution is -0.119. The summed E-state index contributed by atoms with van der Waals surface area (Å²) in [5.41, 5.74) is 0. The van der Waals surface area contributed by atoms with E-state index in [1.807, 2.05) is 12.2 Å². The second-order valence-electron chi connectivity index (χ2n) is 5.70. The van der Waals surface area contributed by atoms with E-state index in [1.165, 1.54) is 38.5 Å². The second-order valence-corrected chi connectivity index (χ2v) is 5.70. The monoisotopic (exact) mass is 290 g/mol. The predicted molar refractivity (Wildman–Crippen MR) is 94.6 cm³/mol. The van der Waals surface area contributed by atoms with Gasteiger partial charge in [0.1, 0.15) is 5.78 Å². The van der Waals surface area contributed by atoms with Gasteiger partial charge in [0.15, 0.2) is 0 Å². The fraction of sp³-hybridized carbons (Fsp3) is 0.650. The molecule has 0 aromatic heterocycles. The summed E-state index contributed by atoms with van der Waals surface area (Å²) in [6.07, 6.45) is 23.6. The summed E-state index contributed by atoms with van der Waals surface area (Å²) in [4.78, 5) is 11.7. The van der Waals surface area contributed by atoms with Gasteiger partial charge in [-0.2, -0.15) is 0 Å². The quantitative estimate of drug-likeness (QED) is 0.247. The highest BCUT2D eigenvalue weighted by molar-refractivity contribution is 5.78. The predicted octanol–water partition coefficient (Wildman–Crippen LogP) is 6.56. The van der Waals surface area contributed by atoms with Crippen molar-refractivity contribution >= 4 is 5.78 Å². The molecule has 120 valence electrons. The molecule has 0 amide bonds. The van der Waals surface area contributed by atoms with Gasteiger partial charge >= 0.3 is 0 Å². The van der Waals surface area contributed by atoms with Gasteiger partial charge in [0.05, 0.1) is 0 Å². The van der Waals surface area contributed by atoms with Crippen LogP contribution in [0.3, 0.4) is 0 Å². The van der Waals surface area contributed by atoms with Gasteiger partial charge in [-0.1, -0.05) is 82.4 Å². The standard InChI is InChI=1S/C20H34O/c1-3-5-7-9-11-12-13-15-17-19-20(21)18-16-14-10-8-6-4-2/h3,5,7,9,11H,1,4,6,8,10,12-19H2,2H3. The molecule has 0 aliphatic carbocycles. The van der Waals surface area contributed by atoms with Gasteiger partial charge in [0, 0.05) is 12.8 Å². The first-order chi connectivity index (χ1) is 10.3.